The summed E-state index contributed by atoms with van der Waals surface area (Å²) in [4.78, 5) is 23.8. The van der Waals surface area contributed by atoms with E-state index in [0.717, 1.165) is 6.07 Å². The third kappa shape index (κ3) is 5.55. The molecule has 0 radical (unpaired) electrons. The molecule has 1 saturated heterocycles. The van der Waals surface area contributed by atoms with Crippen molar-refractivity contribution >= 4 is 21.7 Å². The number of benzene rings is 1. The third-order valence-electron chi connectivity index (χ3n) is 3.76. The normalized spacial score (nSPS) is 18.4. The highest BCUT2D eigenvalue weighted by Crippen LogP contribution is 2.29. The largest absolute Gasteiger partial charge is 0.493 e. The van der Waals surface area contributed by atoms with Gasteiger partial charge in [-0.15, -0.1) is 0 Å². The minimum Gasteiger partial charge on any atom is -0.493 e. The molecule has 1 atom stereocenters. The summed E-state index contributed by atoms with van der Waals surface area (Å²) in [5.74, 6) is -1.78. The Hall–Kier alpha value is -2.43. The summed E-state index contributed by atoms with van der Waals surface area (Å²) in [5.41, 5.74) is 4.41. The second-order valence-corrected chi connectivity index (χ2v) is 7.95. The standard InChI is InChI=1S/C15H18F2N2O6S/c1-24-12-7-10(2-3-11(12)25-15(16)17)14(21)19-18-13(20)6-9-4-5-26(22,23)8-9/h2-3,7,9,15H,4-6,8H2,1H3,(H,18,20)(H,19,21)/t9-/m1/s1. The maximum atomic E-state index is 12.3. The summed E-state index contributed by atoms with van der Waals surface area (Å²) in [6, 6.07) is 3.55. The van der Waals surface area contributed by atoms with E-state index in [0.29, 0.717) is 6.42 Å². The van der Waals surface area contributed by atoms with Gasteiger partial charge in [0.15, 0.2) is 21.3 Å². The molecule has 0 unspecified atom stereocenters. The van der Waals surface area contributed by atoms with Crippen molar-refractivity contribution in [2.45, 2.75) is 19.5 Å². The number of amides is 2. The van der Waals surface area contributed by atoms with Gasteiger partial charge in [0.1, 0.15) is 0 Å². The Morgan fingerprint density at radius 3 is 2.58 bits per heavy atom. The van der Waals surface area contributed by atoms with Crippen LogP contribution in [0.1, 0.15) is 23.2 Å². The van der Waals surface area contributed by atoms with E-state index >= 15 is 0 Å². The molecule has 1 aliphatic heterocycles. The summed E-state index contributed by atoms with van der Waals surface area (Å²) < 4.78 is 56.4. The highest BCUT2D eigenvalue weighted by atomic mass is 32.2. The van der Waals surface area contributed by atoms with Crippen LogP contribution in [0.25, 0.3) is 0 Å². The van der Waals surface area contributed by atoms with E-state index < -0.39 is 28.3 Å². The van der Waals surface area contributed by atoms with Crippen LogP contribution in [0.15, 0.2) is 18.2 Å². The maximum Gasteiger partial charge on any atom is 0.387 e. The zero-order valence-corrected chi connectivity index (χ0v) is 14.6. The zero-order chi connectivity index (χ0) is 19.3. The van der Waals surface area contributed by atoms with Gasteiger partial charge in [-0.05, 0) is 30.5 Å². The molecule has 2 rings (SSSR count). The van der Waals surface area contributed by atoms with Crippen LogP contribution >= 0.6 is 0 Å². The smallest absolute Gasteiger partial charge is 0.387 e. The molecule has 0 bridgehead atoms. The Morgan fingerprint density at radius 2 is 2.00 bits per heavy atom. The predicted molar refractivity (Wildman–Crippen MR) is 86.6 cm³/mol. The Bertz CT molecular complexity index is 784. The summed E-state index contributed by atoms with van der Waals surface area (Å²) >= 11 is 0. The van der Waals surface area contributed by atoms with Gasteiger partial charge < -0.3 is 9.47 Å². The third-order valence-corrected chi connectivity index (χ3v) is 5.60. The van der Waals surface area contributed by atoms with Crippen molar-refractivity contribution in [2.75, 3.05) is 18.6 Å². The molecule has 0 spiro atoms. The van der Waals surface area contributed by atoms with Crippen molar-refractivity contribution in [3.8, 4) is 11.5 Å². The van der Waals surface area contributed by atoms with Crippen LogP contribution in [-0.4, -0.2) is 45.5 Å². The molecule has 144 valence electrons. The Labute approximate surface area is 148 Å². The molecule has 0 aromatic heterocycles. The van der Waals surface area contributed by atoms with E-state index in [9.17, 15) is 26.8 Å². The molecule has 26 heavy (non-hydrogen) atoms. The fourth-order valence-corrected chi connectivity index (χ4v) is 4.41. The molecule has 11 heteroatoms. The van der Waals surface area contributed by atoms with Gasteiger partial charge in [0, 0.05) is 12.0 Å². The quantitative estimate of drug-likeness (QED) is 0.696. The van der Waals surface area contributed by atoms with Gasteiger partial charge in [-0.3, -0.25) is 20.4 Å². The maximum absolute atomic E-state index is 12.3. The lowest BCUT2D eigenvalue weighted by Crippen LogP contribution is -2.42. The number of carbonyl (C=O) groups excluding carboxylic acids is 2. The van der Waals surface area contributed by atoms with Gasteiger partial charge in [0.05, 0.1) is 18.6 Å². The van der Waals surface area contributed by atoms with Gasteiger partial charge in [-0.1, -0.05) is 0 Å². The van der Waals surface area contributed by atoms with E-state index in [4.69, 9.17) is 4.74 Å². The summed E-state index contributed by atoms with van der Waals surface area (Å²) in [6.45, 7) is -3.04. The Balaban J connectivity index is 1.90. The van der Waals surface area contributed by atoms with Crippen molar-refractivity contribution < 1.29 is 36.3 Å². The molecule has 0 saturated carbocycles. The topological polar surface area (TPSA) is 111 Å². The number of nitrogens with one attached hydrogen (secondary N) is 2. The van der Waals surface area contributed by atoms with Crippen LogP contribution in [0.5, 0.6) is 11.5 Å². The van der Waals surface area contributed by atoms with Crippen molar-refractivity contribution in [1.29, 1.82) is 0 Å². The molecule has 1 fully saturated rings. The minimum atomic E-state index is -3.08. The summed E-state index contributed by atoms with van der Waals surface area (Å²) in [7, 11) is -1.85. The molecule has 1 aliphatic rings. The molecule has 8 nitrogen and oxygen atoms in total. The van der Waals surface area contributed by atoms with Gasteiger partial charge in [-0.25, -0.2) is 8.42 Å². The first-order chi connectivity index (χ1) is 12.2. The second-order valence-electron chi connectivity index (χ2n) is 5.72. The average molecular weight is 392 g/mol. The monoisotopic (exact) mass is 392 g/mol. The predicted octanol–water partition coefficient (Wildman–Crippen LogP) is 0.882. The fourth-order valence-electron chi connectivity index (χ4n) is 2.55. The first-order valence-corrected chi connectivity index (χ1v) is 9.45. The van der Waals surface area contributed by atoms with Crippen LogP contribution in [0.3, 0.4) is 0 Å². The van der Waals surface area contributed by atoms with Gasteiger partial charge in [0.2, 0.25) is 5.91 Å². The molecule has 2 amide bonds. The summed E-state index contributed by atoms with van der Waals surface area (Å²) in [6.07, 6.45) is 0.385. The lowest BCUT2D eigenvalue weighted by molar-refractivity contribution is -0.122. The number of rotatable bonds is 6. The number of alkyl halides is 2. The molecular formula is C15H18F2N2O6S. The van der Waals surface area contributed by atoms with E-state index in [-0.39, 0.29) is 40.9 Å². The van der Waals surface area contributed by atoms with Crippen LogP contribution in [-0.2, 0) is 14.6 Å². The van der Waals surface area contributed by atoms with Crippen LogP contribution in [0.2, 0.25) is 0 Å². The number of sulfone groups is 1. The lowest BCUT2D eigenvalue weighted by atomic mass is 10.1. The van der Waals surface area contributed by atoms with Crippen LogP contribution in [0.4, 0.5) is 8.78 Å². The van der Waals surface area contributed by atoms with Crippen molar-refractivity contribution in [3.63, 3.8) is 0 Å². The van der Waals surface area contributed by atoms with Crippen LogP contribution in [0, 0.1) is 5.92 Å². The SMILES string of the molecule is COc1cc(C(=O)NNC(=O)C[C@H]2CCS(=O)(=O)C2)ccc1OC(F)F. The van der Waals surface area contributed by atoms with E-state index in [1.165, 1.54) is 19.2 Å². The molecular weight excluding hydrogens is 374 g/mol. The number of halogens is 2. The van der Waals surface area contributed by atoms with Crippen molar-refractivity contribution in [3.05, 3.63) is 23.8 Å². The second kappa shape index (κ2) is 8.30. The van der Waals surface area contributed by atoms with E-state index in [1.54, 1.807) is 0 Å². The highest BCUT2D eigenvalue weighted by Gasteiger charge is 2.29. The Morgan fingerprint density at radius 1 is 1.27 bits per heavy atom. The molecule has 0 aliphatic carbocycles. The van der Waals surface area contributed by atoms with Crippen molar-refractivity contribution in [1.82, 2.24) is 10.9 Å². The summed E-state index contributed by atoms with van der Waals surface area (Å²) in [5, 5.41) is 0. The highest BCUT2D eigenvalue weighted by molar-refractivity contribution is 7.91. The molecule has 1 aromatic carbocycles. The molecule has 1 aromatic rings. The number of carbonyl (C=O) groups is 2. The Kier molecular flexibility index (Phi) is 6.35. The molecule has 2 N–H and O–H groups in total. The number of hydrazine groups is 1. The number of hydrogen-bond acceptors (Lipinski definition) is 6. The van der Waals surface area contributed by atoms with Gasteiger partial charge in [-0.2, -0.15) is 8.78 Å². The zero-order valence-electron chi connectivity index (χ0n) is 13.8. The first kappa shape index (κ1) is 19.9. The van der Waals surface area contributed by atoms with Gasteiger partial charge in [0.25, 0.3) is 5.91 Å². The number of hydrogen-bond donors (Lipinski definition) is 2. The first-order valence-electron chi connectivity index (χ1n) is 7.62. The van der Waals surface area contributed by atoms with E-state index in [2.05, 4.69) is 15.6 Å². The van der Waals surface area contributed by atoms with E-state index in [1.807, 2.05) is 0 Å². The lowest BCUT2D eigenvalue weighted by Gasteiger charge is -2.12. The van der Waals surface area contributed by atoms with Crippen molar-refractivity contribution in [2.24, 2.45) is 5.92 Å². The van der Waals surface area contributed by atoms with Gasteiger partial charge >= 0.3 is 6.61 Å². The fraction of sp³-hybridized carbons (Fsp3) is 0.467. The average Bonchev–Trinajstić information content (AvgIpc) is 2.91. The van der Waals surface area contributed by atoms with Crippen LogP contribution < -0.4 is 20.3 Å². The molecule has 1 heterocycles. The number of methoxy groups -OCH3 is 1. The number of ether oxygens (including phenoxy) is 2. The minimum absolute atomic E-state index is 0.0238.